The average Bonchev–Trinajstić information content (AvgIpc) is 2.56. The van der Waals surface area contributed by atoms with E-state index in [1.165, 1.54) is 13.8 Å². The fraction of sp³-hybridized carbons (Fsp3) is 0.348. The Balaban J connectivity index is 2.23. The van der Waals surface area contributed by atoms with Crippen molar-refractivity contribution < 1.29 is 13.2 Å². The monoisotopic (exact) mass is 371 g/mol. The van der Waals surface area contributed by atoms with Crippen LogP contribution in [-0.2, 0) is 6.42 Å². The zero-order chi connectivity index (χ0) is 20.0. The van der Waals surface area contributed by atoms with Gasteiger partial charge in [-0.3, -0.25) is 0 Å². The van der Waals surface area contributed by atoms with Crippen molar-refractivity contribution in [2.75, 3.05) is 0 Å². The number of benzene rings is 2. The highest BCUT2D eigenvalue weighted by atomic mass is 19.4. The number of hydrogen-bond acceptors (Lipinski definition) is 1. The van der Waals surface area contributed by atoms with Crippen molar-refractivity contribution in [3.8, 4) is 11.3 Å². The van der Waals surface area contributed by atoms with Crippen molar-refractivity contribution >= 4 is 10.9 Å². The first-order chi connectivity index (χ1) is 12.5. The minimum absolute atomic E-state index is 0.0869. The molecule has 1 nitrogen and oxygen atoms in total. The van der Waals surface area contributed by atoms with E-state index in [0.29, 0.717) is 5.56 Å². The zero-order valence-electron chi connectivity index (χ0n) is 16.3. The van der Waals surface area contributed by atoms with E-state index in [0.717, 1.165) is 38.9 Å². The predicted octanol–water partition coefficient (Wildman–Crippen LogP) is 6.96. The summed E-state index contributed by atoms with van der Waals surface area (Å²) in [6.07, 6.45) is -4.36. The van der Waals surface area contributed by atoms with Crippen LogP contribution in [0, 0.1) is 26.2 Å². The van der Waals surface area contributed by atoms with Gasteiger partial charge in [-0.15, -0.1) is 0 Å². The van der Waals surface area contributed by atoms with Crippen molar-refractivity contribution in [3.05, 3.63) is 64.7 Å². The van der Waals surface area contributed by atoms with Gasteiger partial charge < -0.3 is 0 Å². The van der Waals surface area contributed by atoms with Crippen LogP contribution in [0.15, 0.2) is 42.5 Å². The highest BCUT2D eigenvalue weighted by Gasteiger charge is 2.47. The number of aromatic nitrogens is 1. The van der Waals surface area contributed by atoms with Crippen LogP contribution >= 0.6 is 0 Å². The molecule has 0 aliphatic rings. The molecule has 0 N–H and O–H groups in total. The number of halogens is 3. The molecule has 0 atom stereocenters. The lowest BCUT2D eigenvalue weighted by molar-refractivity contribution is -0.210. The number of nitrogens with zero attached hydrogens (tertiary/aromatic N) is 1. The van der Waals surface area contributed by atoms with E-state index in [9.17, 15) is 13.2 Å². The standard InChI is InChI=1S/C23H24F3N/c1-14-10-15(2)16(3)19(11-14)21-12-17(13-22(4,5)23(24,25)26)18-8-6-7-9-20(18)27-21/h6-12H,13H2,1-5H3. The van der Waals surface area contributed by atoms with E-state index in [1.54, 1.807) is 0 Å². The highest BCUT2D eigenvalue weighted by molar-refractivity contribution is 5.85. The molecule has 1 aromatic heterocycles. The van der Waals surface area contributed by atoms with Gasteiger partial charge >= 0.3 is 6.18 Å². The van der Waals surface area contributed by atoms with Gasteiger partial charge in [0, 0.05) is 10.9 Å². The molecule has 0 unspecified atom stereocenters. The Hall–Kier alpha value is -2.36. The maximum absolute atomic E-state index is 13.5. The van der Waals surface area contributed by atoms with Crippen molar-refractivity contribution in [2.24, 2.45) is 5.41 Å². The topological polar surface area (TPSA) is 12.9 Å². The Bertz CT molecular complexity index is 1000. The lowest BCUT2D eigenvalue weighted by Crippen LogP contribution is -2.34. The van der Waals surface area contributed by atoms with Crippen LogP contribution in [-0.4, -0.2) is 11.2 Å². The number of rotatable bonds is 3. The molecule has 1 heterocycles. The van der Waals surface area contributed by atoms with Gasteiger partial charge in [0.05, 0.1) is 16.6 Å². The van der Waals surface area contributed by atoms with Crippen molar-refractivity contribution in [1.29, 1.82) is 0 Å². The third-order valence-electron chi connectivity index (χ3n) is 5.29. The maximum atomic E-state index is 13.5. The predicted molar refractivity (Wildman–Crippen MR) is 105 cm³/mol. The molecule has 3 rings (SSSR count). The smallest absolute Gasteiger partial charge is 0.248 e. The second-order valence-corrected chi connectivity index (χ2v) is 8.00. The first-order valence-electron chi connectivity index (χ1n) is 9.03. The Kier molecular flexibility index (Phi) is 4.79. The van der Waals surface area contributed by atoms with E-state index >= 15 is 0 Å². The second-order valence-electron chi connectivity index (χ2n) is 8.00. The minimum atomic E-state index is -4.27. The Morgan fingerprint density at radius 2 is 1.59 bits per heavy atom. The molecule has 0 spiro atoms. The average molecular weight is 371 g/mol. The number of fused-ring (bicyclic) bond motifs is 1. The van der Waals surface area contributed by atoms with Gasteiger partial charge in [0.25, 0.3) is 0 Å². The quantitative estimate of drug-likeness (QED) is 0.485. The number of aryl methyl sites for hydroxylation is 2. The minimum Gasteiger partial charge on any atom is -0.248 e. The molecule has 0 radical (unpaired) electrons. The summed E-state index contributed by atoms with van der Waals surface area (Å²) in [6.45, 7) is 8.60. The molecule has 27 heavy (non-hydrogen) atoms. The summed E-state index contributed by atoms with van der Waals surface area (Å²) in [4.78, 5) is 4.76. The number of pyridine rings is 1. The Labute approximate surface area is 158 Å². The van der Waals surface area contributed by atoms with E-state index in [4.69, 9.17) is 4.98 Å². The molecular formula is C23H24F3N. The number of para-hydroxylation sites is 1. The van der Waals surface area contributed by atoms with Crippen LogP contribution in [0.4, 0.5) is 13.2 Å². The first-order valence-corrected chi connectivity index (χ1v) is 9.03. The molecule has 3 aromatic rings. The van der Waals surface area contributed by atoms with Gasteiger partial charge in [-0.25, -0.2) is 4.98 Å². The molecular weight excluding hydrogens is 347 g/mol. The molecule has 0 amide bonds. The van der Waals surface area contributed by atoms with Gasteiger partial charge in [-0.1, -0.05) is 43.7 Å². The van der Waals surface area contributed by atoms with Crippen LogP contribution in [0.1, 0.15) is 36.1 Å². The summed E-state index contributed by atoms with van der Waals surface area (Å²) in [5.74, 6) is 0. The van der Waals surface area contributed by atoms with Crippen LogP contribution in [0.5, 0.6) is 0 Å². The van der Waals surface area contributed by atoms with Gasteiger partial charge in [-0.05, 0) is 62.1 Å². The number of hydrogen-bond donors (Lipinski definition) is 0. The molecule has 4 heteroatoms. The summed E-state index contributed by atoms with van der Waals surface area (Å²) < 4.78 is 40.5. The van der Waals surface area contributed by atoms with Crippen LogP contribution in [0.2, 0.25) is 0 Å². The maximum Gasteiger partial charge on any atom is 0.394 e. The normalized spacial score (nSPS) is 12.6. The summed E-state index contributed by atoms with van der Waals surface area (Å²) in [7, 11) is 0. The fourth-order valence-electron chi connectivity index (χ4n) is 3.41. The molecule has 0 bridgehead atoms. The SMILES string of the molecule is Cc1cc(C)c(C)c(-c2cc(CC(C)(C)C(F)(F)F)c3ccccc3n2)c1. The van der Waals surface area contributed by atoms with E-state index < -0.39 is 11.6 Å². The summed E-state index contributed by atoms with van der Waals surface area (Å²) >= 11 is 0. The summed E-state index contributed by atoms with van der Waals surface area (Å²) in [6, 6.07) is 13.4. The van der Waals surface area contributed by atoms with E-state index in [1.807, 2.05) is 51.1 Å². The molecule has 0 saturated heterocycles. The van der Waals surface area contributed by atoms with E-state index in [-0.39, 0.29) is 6.42 Å². The van der Waals surface area contributed by atoms with Gasteiger partial charge in [0.2, 0.25) is 0 Å². The Morgan fingerprint density at radius 3 is 2.26 bits per heavy atom. The molecule has 0 fully saturated rings. The zero-order valence-corrected chi connectivity index (χ0v) is 16.3. The van der Waals surface area contributed by atoms with Crippen molar-refractivity contribution in [2.45, 2.75) is 47.2 Å². The molecule has 0 saturated carbocycles. The van der Waals surface area contributed by atoms with Gasteiger partial charge in [0.1, 0.15) is 0 Å². The first kappa shape index (κ1) is 19.4. The molecule has 2 aromatic carbocycles. The summed E-state index contributed by atoms with van der Waals surface area (Å²) in [5, 5.41) is 0.778. The Morgan fingerprint density at radius 1 is 0.926 bits per heavy atom. The lowest BCUT2D eigenvalue weighted by atomic mass is 9.83. The van der Waals surface area contributed by atoms with Crippen LogP contribution in [0.3, 0.4) is 0 Å². The molecule has 142 valence electrons. The third-order valence-corrected chi connectivity index (χ3v) is 5.29. The van der Waals surface area contributed by atoms with Crippen molar-refractivity contribution in [3.63, 3.8) is 0 Å². The number of alkyl halides is 3. The summed E-state index contributed by atoms with van der Waals surface area (Å²) in [5.41, 5.74) is 4.65. The highest BCUT2D eigenvalue weighted by Crippen LogP contribution is 2.42. The van der Waals surface area contributed by atoms with E-state index in [2.05, 4.69) is 12.1 Å². The molecule has 0 aliphatic carbocycles. The van der Waals surface area contributed by atoms with Crippen LogP contribution in [0.25, 0.3) is 22.2 Å². The second kappa shape index (κ2) is 6.66. The van der Waals surface area contributed by atoms with Gasteiger partial charge in [-0.2, -0.15) is 13.2 Å². The largest absolute Gasteiger partial charge is 0.394 e. The van der Waals surface area contributed by atoms with Crippen molar-refractivity contribution in [1.82, 2.24) is 4.98 Å². The lowest BCUT2D eigenvalue weighted by Gasteiger charge is -2.28. The third kappa shape index (κ3) is 3.71. The van der Waals surface area contributed by atoms with Gasteiger partial charge in [0.15, 0.2) is 0 Å². The van der Waals surface area contributed by atoms with Crippen LogP contribution < -0.4 is 0 Å². The molecule has 0 aliphatic heterocycles. The fourth-order valence-corrected chi connectivity index (χ4v) is 3.41.